The van der Waals surface area contributed by atoms with Crippen LogP contribution in [0.4, 0.5) is 11.4 Å². The van der Waals surface area contributed by atoms with Gasteiger partial charge in [-0.1, -0.05) is 89.9 Å². The van der Waals surface area contributed by atoms with Crippen LogP contribution in [0.5, 0.6) is 0 Å². The van der Waals surface area contributed by atoms with E-state index in [-0.39, 0.29) is 193 Å². The second-order valence-corrected chi connectivity index (χ2v) is 33.9. The van der Waals surface area contributed by atoms with E-state index in [1.165, 1.54) is 44.4 Å². The van der Waals surface area contributed by atoms with Gasteiger partial charge in [0.1, 0.15) is 23.5 Å². The smallest absolute Gasteiger partial charge is 0.326 e. The summed E-state index contributed by atoms with van der Waals surface area (Å²) >= 11 is 0.737. The Balaban J connectivity index is 0.887. The van der Waals surface area contributed by atoms with E-state index in [1.54, 1.807) is 90.1 Å². The fourth-order valence-corrected chi connectivity index (χ4v) is 16.4. The number of aromatic nitrogens is 3. The van der Waals surface area contributed by atoms with Crippen molar-refractivity contribution in [3.05, 3.63) is 119 Å². The minimum absolute atomic E-state index is 0.00725. The number of carboxylic acids is 6. The standard InChI is InChI=1S/C89H117N17O22S/c1-58(107)90-33-16-6-17-34-95-84(121)67(89(2,3)88(127)128)48-63(47-64(85(122)99(4)5)57-129-71(87(125)126)49-73(109)92-36-30-72(108)91-37-31-76(112)104-50-61-21-8-7-19-59(61)28-29-60-20-10-13-26-69(60)104)83(120)94-35-18-15-25-68(86(123)124)96-75(111)53-106-82-65-23-11-9-22-62(65)51-105(70-27-14-12-24-66(70)81(82)97-98-106)77(113)32-38-93-74(110)52-100-39-41-101(54-78(114)115)43-45-103(56-80(118)119)46-44-102(42-40-100)55-79(116)117/h7-14,19-24,26-27,63-64,67-68,71H,6,15-18,25,30-57H2,1-5H3,(H,90,107)(H,91,108)(H,92,109)(H,93,110)(H,94,120)(H,95,121)(H,96,111)(H,114,115)(H,116,117)(H,118,119)(H,123,124)(H,125,126)(H,127,128). The van der Waals surface area contributed by atoms with Gasteiger partial charge in [0.2, 0.25) is 59.1 Å². The lowest BCUT2D eigenvalue weighted by Crippen LogP contribution is -2.50. The summed E-state index contributed by atoms with van der Waals surface area (Å²) in [5.74, 6) is -10.8. The number of unbranched alkanes of at least 4 members (excludes halogenated alkanes) is 3. The lowest BCUT2D eigenvalue weighted by atomic mass is 9.72. The summed E-state index contributed by atoms with van der Waals surface area (Å²) in [5.41, 5.74) is 3.72. The number of nitrogens with one attached hydrogen (secondary N) is 7. The Morgan fingerprint density at radius 2 is 0.969 bits per heavy atom. The summed E-state index contributed by atoms with van der Waals surface area (Å²) in [6, 6.07) is 27.2. The lowest BCUT2D eigenvalue weighted by Gasteiger charge is -2.33. The molecule has 13 N–H and O–H groups in total. The van der Waals surface area contributed by atoms with Gasteiger partial charge in [0, 0.05) is 178 Å². The molecule has 10 amide bonds. The van der Waals surface area contributed by atoms with Gasteiger partial charge in [0.25, 0.3) is 0 Å². The molecule has 4 aromatic carbocycles. The molecule has 40 heteroatoms. The van der Waals surface area contributed by atoms with Gasteiger partial charge in [-0.2, -0.15) is 0 Å². The number of carbonyl (C=O) groups excluding carboxylic acids is 10. The number of aliphatic carboxylic acids is 6. The minimum atomic E-state index is -1.83. The van der Waals surface area contributed by atoms with Crippen molar-refractivity contribution in [3.63, 3.8) is 0 Å². The molecule has 8 rings (SSSR count). The van der Waals surface area contributed by atoms with Crippen molar-refractivity contribution < 1.29 is 107 Å². The first-order valence-electron chi connectivity index (χ1n) is 42.9. The maximum atomic E-state index is 14.8. The summed E-state index contributed by atoms with van der Waals surface area (Å²) in [7, 11) is 2.87. The lowest BCUT2D eigenvalue weighted by molar-refractivity contribution is -0.155. The van der Waals surface area contributed by atoms with Gasteiger partial charge in [-0.15, -0.1) is 16.9 Å². The number of anilines is 2. The Morgan fingerprint density at radius 1 is 0.481 bits per heavy atom. The Kier molecular flexibility index (Phi) is 40.0. The molecule has 0 bridgehead atoms. The molecule has 0 aliphatic carbocycles. The summed E-state index contributed by atoms with van der Waals surface area (Å²) in [4.78, 5) is 223. The van der Waals surface area contributed by atoms with Crippen molar-refractivity contribution in [2.24, 2.45) is 23.2 Å². The van der Waals surface area contributed by atoms with Crippen molar-refractivity contribution >= 4 is 118 Å². The zero-order valence-corrected chi connectivity index (χ0v) is 74.1. The van der Waals surface area contributed by atoms with Crippen LogP contribution >= 0.6 is 11.8 Å². The van der Waals surface area contributed by atoms with Crippen LogP contribution in [0.25, 0.3) is 22.5 Å². The fourth-order valence-electron chi connectivity index (χ4n) is 15.3. The number of para-hydroxylation sites is 2. The molecule has 5 unspecified atom stereocenters. The third kappa shape index (κ3) is 32.2. The van der Waals surface area contributed by atoms with Crippen LogP contribution in [0.1, 0.15) is 120 Å². The molecule has 129 heavy (non-hydrogen) atoms. The summed E-state index contributed by atoms with van der Waals surface area (Å²) in [6.45, 7) is 4.05. The van der Waals surface area contributed by atoms with Crippen LogP contribution in [-0.2, 0) is 96.3 Å². The number of benzene rings is 4. The quantitative estimate of drug-likeness (QED) is 0.0196. The third-order valence-corrected chi connectivity index (χ3v) is 23.8. The molecule has 1 aromatic heterocycles. The van der Waals surface area contributed by atoms with Gasteiger partial charge in [-0.25, -0.2) is 9.48 Å². The van der Waals surface area contributed by atoms with E-state index < -0.39 is 137 Å². The van der Waals surface area contributed by atoms with Crippen LogP contribution in [0.3, 0.4) is 0 Å². The van der Waals surface area contributed by atoms with E-state index in [4.69, 9.17) is 0 Å². The highest BCUT2D eigenvalue weighted by Crippen LogP contribution is 2.42. The zero-order chi connectivity index (χ0) is 93.9. The predicted molar refractivity (Wildman–Crippen MR) is 474 cm³/mol. The third-order valence-electron chi connectivity index (χ3n) is 22.4. The van der Waals surface area contributed by atoms with E-state index in [0.717, 1.165) is 22.9 Å². The van der Waals surface area contributed by atoms with E-state index in [1.807, 2.05) is 36.4 Å². The number of carbonyl (C=O) groups is 16. The van der Waals surface area contributed by atoms with Gasteiger partial charge >= 0.3 is 35.8 Å². The fraction of sp³-hybridized carbons (Fsp3) is 0.506. The molecule has 0 saturated carbocycles. The van der Waals surface area contributed by atoms with Crippen molar-refractivity contribution in [2.45, 2.75) is 129 Å². The number of nitrogens with zero attached hydrogens (tertiary/aromatic N) is 10. The van der Waals surface area contributed by atoms with Crippen molar-refractivity contribution in [1.82, 2.24) is 76.7 Å². The average Bonchev–Trinajstić information content (AvgIpc) is 1.64. The van der Waals surface area contributed by atoms with E-state index in [2.05, 4.69) is 59.4 Å². The molecule has 3 aliphatic rings. The monoisotopic (exact) mass is 1810 g/mol. The predicted octanol–water partition coefficient (Wildman–Crippen LogP) is 2.08. The first-order valence-corrected chi connectivity index (χ1v) is 44.0. The molecule has 0 radical (unpaired) electrons. The topological polar surface area (TPSA) is 532 Å². The van der Waals surface area contributed by atoms with Gasteiger partial charge in [0.05, 0.1) is 67.7 Å². The van der Waals surface area contributed by atoms with Crippen LogP contribution in [0.2, 0.25) is 0 Å². The molecular weight excluding hydrogens is 1690 g/mol. The number of hydrogen-bond acceptors (Lipinski definition) is 23. The van der Waals surface area contributed by atoms with Gasteiger partial charge in [0.15, 0.2) is 0 Å². The van der Waals surface area contributed by atoms with Gasteiger partial charge in [-0.3, -0.25) is 91.5 Å². The largest absolute Gasteiger partial charge is 0.481 e. The molecule has 39 nitrogen and oxygen atoms in total. The molecule has 0 spiro atoms. The zero-order valence-electron chi connectivity index (χ0n) is 73.3. The second-order valence-electron chi connectivity index (χ2n) is 32.7. The van der Waals surface area contributed by atoms with Crippen molar-refractivity contribution in [1.29, 1.82) is 0 Å². The number of amides is 10. The van der Waals surface area contributed by atoms with Crippen LogP contribution < -0.4 is 47.0 Å². The molecule has 4 heterocycles. The van der Waals surface area contributed by atoms with Crippen molar-refractivity contribution in [3.8, 4) is 34.4 Å². The first kappa shape index (κ1) is 102. The van der Waals surface area contributed by atoms with E-state index >= 15 is 0 Å². The van der Waals surface area contributed by atoms with E-state index in [0.29, 0.717) is 65.1 Å². The SMILES string of the molecule is CC(=O)NCCCCCNC(=O)C(CC(CC(CSC(CC(=O)NCCC(=O)NCCC(=O)N1Cc2ccccc2C#Cc2ccccc21)C(=O)O)C(=O)N(C)C)C(=O)NCCCCC(NC(=O)Cn1nnc2c1-c1ccccc1CN(C(=O)CCNC(=O)CN1CCN(CC(=O)O)CCN(CC(=O)O)CCN(CC(=O)O)CC1)c1ccccc1-2)C(=O)O)C(C)(C)C(=O)O. The first-order chi connectivity index (χ1) is 61.6. The van der Waals surface area contributed by atoms with Crippen LogP contribution in [0, 0.1) is 35.0 Å². The molecule has 5 atom stereocenters. The normalized spacial score (nSPS) is 14.9. The minimum Gasteiger partial charge on any atom is -0.481 e. The Bertz CT molecular complexity index is 4870. The highest BCUT2D eigenvalue weighted by atomic mass is 32.2. The number of thioether (sulfide) groups is 1. The van der Waals surface area contributed by atoms with Crippen LogP contribution in [-0.4, -0.2) is 314 Å². The molecule has 3 aliphatic heterocycles. The maximum absolute atomic E-state index is 14.8. The molecule has 1 saturated heterocycles. The number of carboxylic acid groups (broad SMARTS) is 6. The highest BCUT2D eigenvalue weighted by molar-refractivity contribution is 8.00. The second kappa shape index (κ2) is 50.7. The molecular formula is C89H117N17O22S. The Hall–Kier alpha value is -12.7. The Morgan fingerprint density at radius 3 is 1.54 bits per heavy atom. The van der Waals surface area contributed by atoms with Crippen molar-refractivity contribution in [2.75, 3.05) is 147 Å². The molecule has 1 fully saturated rings. The van der Waals surface area contributed by atoms with Gasteiger partial charge < -0.3 is 82.6 Å². The number of hydrogen-bond donors (Lipinski definition) is 13. The summed E-state index contributed by atoms with van der Waals surface area (Å²) < 4.78 is 1.32. The highest BCUT2D eigenvalue weighted by Gasteiger charge is 2.45. The van der Waals surface area contributed by atoms with Crippen LogP contribution in [0.15, 0.2) is 97.1 Å². The summed E-state index contributed by atoms with van der Waals surface area (Å²) in [6.07, 6.45) is -0.267. The Labute approximate surface area is 751 Å². The number of fused-ring (bicyclic) bond motifs is 7. The molecule has 696 valence electrons. The summed E-state index contributed by atoms with van der Waals surface area (Å²) in [5, 5.41) is 87.0. The average molecular weight is 1810 g/mol. The number of rotatable bonds is 47. The molecule has 5 aromatic rings. The van der Waals surface area contributed by atoms with Gasteiger partial charge in [-0.05, 0) is 101 Å². The maximum Gasteiger partial charge on any atom is 0.326 e. The van der Waals surface area contributed by atoms with E-state index in [9.17, 15) is 107 Å².